The Balaban J connectivity index is 0. The van der Waals surface area contributed by atoms with Gasteiger partial charge in [0, 0.05) is 0 Å². The molecule has 0 unspecified atom stereocenters. The van der Waals surface area contributed by atoms with E-state index in [4.69, 9.17) is 7.85 Å². The summed E-state index contributed by atoms with van der Waals surface area (Å²) in [5.41, 5.74) is 4.50. The molecule has 7 heavy (non-hydrogen) atoms. The normalized spacial score (nSPS) is 6.71. The van der Waals surface area contributed by atoms with Crippen LogP contribution in [0, 0.1) is 0 Å². The van der Waals surface area contributed by atoms with E-state index in [-0.39, 0.29) is 0 Å². The van der Waals surface area contributed by atoms with Gasteiger partial charge in [-0.25, -0.2) is 0 Å². The summed E-state index contributed by atoms with van der Waals surface area (Å²) in [6.45, 7) is 2.13. The zero-order valence-corrected chi connectivity index (χ0v) is 5.28. The van der Waals surface area contributed by atoms with Crippen LogP contribution in [0.2, 0.25) is 6.32 Å². The van der Waals surface area contributed by atoms with Crippen molar-refractivity contribution in [1.82, 2.24) is 0 Å². The Kier molecular flexibility index (Phi) is 24.0. The van der Waals surface area contributed by atoms with E-state index in [1.165, 1.54) is 19.9 Å². The molecule has 0 aromatic rings. The van der Waals surface area contributed by atoms with Gasteiger partial charge in [-0.05, 0) is 7.05 Å². The Hall–Kier alpha value is 0.0249. The molecule has 0 heterocycles. The van der Waals surface area contributed by atoms with Crippen LogP contribution >= 0.6 is 0 Å². The number of hydrogen-bond donors (Lipinski definition) is 1. The molecule has 2 radical (unpaired) electrons. The fourth-order valence-corrected chi connectivity index (χ4v) is 0.204. The van der Waals surface area contributed by atoms with Gasteiger partial charge in [0.1, 0.15) is 0 Å². The van der Waals surface area contributed by atoms with Gasteiger partial charge in [0.2, 0.25) is 0 Å². The third-order valence-electron chi connectivity index (χ3n) is 0.558. The molecule has 0 saturated heterocycles. The Morgan fingerprint density at radius 3 is 1.86 bits per heavy atom. The molecular weight excluding hydrogens is 84.9 g/mol. The molecule has 0 aliphatic heterocycles. The number of rotatable bonds is 2. The second-order valence-corrected chi connectivity index (χ2v) is 1.14. The van der Waals surface area contributed by atoms with Crippen molar-refractivity contribution in [1.29, 1.82) is 0 Å². The van der Waals surface area contributed by atoms with Gasteiger partial charge in [-0.15, -0.1) is 0 Å². The third-order valence-corrected chi connectivity index (χ3v) is 0.558. The fraction of sp³-hybridized carbons (Fsp3) is 1.00. The third kappa shape index (κ3) is 23.8. The molecule has 2 N–H and O–H groups in total. The van der Waals surface area contributed by atoms with Crippen LogP contribution in [0.3, 0.4) is 0 Å². The number of nitrogens with two attached hydrogens (primary N) is 1. The highest BCUT2D eigenvalue weighted by molar-refractivity contribution is 6.08. The summed E-state index contributed by atoms with van der Waals surface area (Å²) in [6.07, 6.45) is 3.23. The van der Waals surface area contributed by atoms with Crippen LogP contribution < -0.4 is 5.73 Å². The van der Waals surface area contributed by atoms with Gasteiger partial charge in [0.25, 0.3) is 0 Å². The molecule has 1 nitrogen and oxygen atoms in total. The maximum Gasteiger partial charge on any atom is 0.0652 e. The molecule has 0 saturated carbocycles. The van der Waals surface area contributed by atoms with Crippen LogP contribution in [0.5, 0.6) is 0 Å². The van der Waals surface area contributed by atoms with E-state index in [2.05, 4.69) is 12.7 Å². The van der Waals surface area contributed by atoms with Gasteiger partial charge in [0.15, 0.2) is 0 Å². The molecule has 0 spiro atoms. The van der Waals surface area contributed by atoms with E-state index >= 15 is 0 Å². The molecule has 42 valence electrons. The lowest BCUT2D eigenvalue weighted by Crippen LogP contribution is -1.69. The van der Waals surface area contributed by atoms with Crippen molar-refractivity contribution in [2.45, 2.75) is 26.1 Å². The summed E-state index contributed by atoms with van der Waals surface area (Å²) < 4.78 is 0. The van der Waals surface area contributed by atoms with Crippen molar-refractivity contribution in [2.75, 3.05) is 7.05 Å². The molecule has 2 heteroatoms. The van der Waals surface area contributed by atoms with Gasteiger partial charge in [-0.3, -0.25) is 0 Å². The molecule has 0 aromatic heterocycles. The first-order valence-corrected chi connectivity index (χ1v) is 2.69. The first-order valence-electron chi connectivity index (χ1n) is 2.69. The highest BCUT2D eigenvalue weighted by Crippen LogP contribution is 1.86. The quantitative estimate of drug-likeness (QED) is 0.512. The van der Waals surface area contributed by atoms with Crippen molar-refractivity contribution in [2.24, 2.45) is 5.73 Å². The van der Waals surface area contributed by atoms with Crippen LogP contribution in [-0.4, -0.2) is 14.9 Å². The van der Waals surface area contributed by atoms with Gasteiger partial charge in [-0.2, -0.15) is 0 Å². The lowest BCUT2D eigenvalue weighted by molar-refractivity contribution is 0.884. The van der Waals surface area contributed by atoms with Crippen molar-refractivity contribution in [3.05, 3.63) is 0 Å². The average molecular weight is 99.0 g/mol. The van der Waals surface area contributed by atoms with E-state index < -0.39 is 0 Å². The minimum atomic E-state index is 0.844. The highest BCUT2D eigenvalue weighted by Gasteiger charge is 1.68. The van der Waals surface area contributed by atoms with E-state index in [0.29, 0.717) is 0 Å². The first kappa shape index (κ1) is 10.1. The molecule has 0 aliphatic carbocycles. The fourth-order valence-electron chi connectivity index (χ4n) is 0.204. The van der Waals surface area contributed by atoms with Crippen molar-refractivity contribution < 1.29 is 0 Å². The lowest BCUT2D eigenvalue weighted by atomic mass is 10.0. The smallest absolute Gasteiger partial charge is 0.0652 e. The molecular formula is C5H14BN. The topological polar surface area (TPSA) is 26.0 Å². The van der Waals surface area contributed by atoms with Crippen LogP contribution in [0.15, 0.2) is 0 Å². The van der Waals surface area contributed by atoms with Gasteiger partial charge in [0.05, 0.1) is 7.85 Å². The zero-order valence-electron chi connectivity index (χ0n) is 5.28. The van der Waals surface area contributed by atoms with Crippen molar-refractivity contribution in [3.63, 3.8) is 0 Å². The van der Waals surface area contributed by atoms with Gasteiger partial charge < -0.3 is 5.73 Å². The van der Waals surface area contributed by atoms with Gasteiger partial charge >= 0.3 is 0 Å². The van der Waals surface area contributed by atoms with E-state index in [1.54, 1.807) is 0 Å². The largest absolute Gasteiger partial charge is 0.333 e. The Bertz CT molecular complexity index is 15.6. The molecule has 0 rings (SSSR count). The highest BCUT2D eigenvalue weighted by atomic mass is 14.4. The summed E-state index contributed by atoms with van der Waals surface area (Å²) in [4.78, 5) is 0. The molecule has 0 amide bonds. The molecule has 0 fully saturated rings. The van der Waals surface area contributed by atoms with E-state index in [9.17, 15) is 0 Å². The maximum absolute atomic E-state index is 5.14. The monoisotopic (exact) mass is 99.1 g/mol. The summed E-state index contributed by atoms with van der Waals surface area (Å²) >= 11 is 0. The summed E-state index contributed by atoms with van der Waals surface area (Å²) in [7, 11) is 6.64. The minimum absolute atomic E-state index is 0.844. The van der Waals surface area contributed by atoms with E-state index in [0.717, 1.165) is 6.32 Å². The predicted octanol–water partition coefficient (Wildman–Crippen LogP) is 0.948. The maximum atomic E-state index is 5.14. The zero-order chi connectivity index (χ0) is 6.12. The summed E-state index contributed by atoms with van der Waals surface area (Å²) in [6, 6.07) is 0. The van der Waals surface area contributed by atoms with Crippen molar-refractivity contribution >= 4 is 7.85 Å². The minimum Gasteiger partial charge on any atom is -0.333 e. The Morgan fingerprint density at radius 1 is 1.43 bits per heavy atom. The number of unbranched alkanes of at least 4 members (excludes halogenated alkanes) is 1. The Labute approximate surface area is 47.7 Å². The van der Waals surface area contributed by atoms with Crippen LogP contribution in [0.1, 0.15) is 19.8 Å². The SMILES string of the molecule is CN.[B]CCCC. The summed E-state index contributed by atoms with van der Waals surface area (Å²) in [5.74, 6) is 0. The first-order chi connectivity index (χ1) is 3.41. The van der Waals surface area contributed by atoms with Crippen molar-refractivity contribution in [3.8, 4) is 0 Å². The average Bonchev–Trinajstić information content (AvgIpc) is 1.75. The number of hydrogen-bond acceptors (Lipinski definition) is 1. The molecule has 0 bridgehead atoms. The second kappa shape index (κ2) is 16.6. The molecule has 0 aromatic carbocycles. The summed E-state index contributed by atoms with van der Waals surface area (Å²) in [5, 5.41) is 0. The molecule has 0 atom stereocenters. The Morgan fingerprint density at radius 2 is 1.86 bits per heavy atom. The molecule has 0 aliphatic rings. The predicted molar refractivity (Wildman–Crippen MR) is 35.6 cm³/mol. The second-order valence-electron chi connectivity index (χ2n) is 1.14. The van der Waals surface area contributed by atoms with Crippen LogP contribution in [-0.2, 0) is 0 Å². The van der Waals surface area contributed by atoms with Crippen LogP contribution in [0.4, 0.5) is 0 Å². The van der Waals surface area contributed by atoms with E-state index in [1.807, 2.05) is 0 Å². The van der Waals surface area contributed by atoms with Crippen LogP contribution in [0.25, 0.3) is 0 Å². The van der Waals surface area contributed by atoms with Gasteiger partial charge in [-0.1, -0.05) is 26.1 Å². The lowest BCUT2D eigenvalue weighted by Gasteiger charge is -1.79. The standard InChI is InChI=1S/C4H9B.CH5N/c1-2-3-4-5;1-2/h2-4H2,1H3;2H2,1H3.